The second kappa shape index (κ2) is 6.81. The minimum atomic E-state index is -1.01. The maximum absolute atomic E-state index is 11.8. The fourth-order valence-corrected chi connectivity index (χ4v) is 2.26. The summed E-state index contributed by atoms with van der Waals surface area (Å²) in [7, 11) is 0. The Morgan fingerprint density at radius 3 is 2.76 bits per heavy atom. The molecule has 0 aliphatic heterocycles. The summed E-state index contributed by atoms with van der Waals surface area (Å²) in [5.41, 5.74) is 0.840. The Labute approximate surface area is 125 Å². The molecule has 0 fully saturated rings. The van der Waals surface area contributed by atoms with Gasteiger partial charge in [-0.15, -0.1) is 10.2 Å². The van der Waals surface area contributed by atoms with Crippen LogP contribution < -0.4 is 0 Å². The predicted octanol–water partition coefficient (Wildman–Crippen LogP) is 2.58. The van der Waals surface area contributed by atoms with Crippen molar-refractivity contribution in [3.05, 3.63) is 30.3 Å². The first-order valence-corrected chi connectivity index (χ1v) is 7.09. The number of thioether (sulfide) groups is 1. The first-order chi connectivity index (χ1) is 10.1. The second-order valence-corrected chi connectivity index (χ2v) is 5.17. The van der Waals surface area contributed by atoms with E-state index in [0.717, 1.165) is 17.3 Å². The maximum atomic E-state index is 11.8. The van der Waals surface area contributed by atoms with Gasteiger partial charge in [0.05, 0.1) is 11.8 Å². The number of hydrogen-bond donors (Lipinski definition) is 1. The summed E-state index contributed by atoms with van der Waals surface area (Å²) in [6, 6.07) is 11.1. The van der Waals surface area contributed by atoms with Gasteiger partial charge in [-0.2, -0.15) is 5.26 Å². The monoisotopic (exact) mass is 300 g/mol. The number of Topliss-reactive ketones (excluding diaryl/α,β-unsaturated/α-hetero) is 1. The van der Waals surface area contributed by atoms with Gasteiger partial charge < -0.3 is 9.83 Å². The number of nitrogens with zero attached hydrogens (tertiary/aromatic N) is 3. The largest absolute Gasteiger partial charge is 0.411 e. The molecule has 106 valence electrons. The first kappa shape index (κ1) is 14.9. The highest BCUT2D eigenvalue weighted by Crippen LogP contribution is 2.23. The lowest BCUT2D eigenvalue weighted by molar-refractivity contribution is -0.117. The molecule has 0 saturated carbocycles. The van der Waals surface area contributed by atoms with E-state index in [0.29, 0.717) is 5.89 Å². The van der Waals surface area contributed by atoms with Crippen LogP contribution in [0.1, 0.15) is 6.92 Å². The molecular formula is C14H12N4O2S. The van der Waals surface area contributed by atoms with Gasteiger partial charge in [-0.25, -0.2) is 0 Å². The first-order valence-electron chi connectivity index (χ1n) is 6.11. The molecule has 0 spiro atoms. The van der Waals surface area contributed by atoms with E-state index >= 15 is 0 Å². The van der Waals surface area contributed by atoms with Crippen LogP contribution in [0.15, 0.2) is 40.0 Å². The molecule has 2 aromatic rings. The lowest BCUT2D eigenvalue weighted by Gasteiger charge is -2.03. The Balaban J connectivity index is 1.99. The van der Waals surface area contributed by atoms with Gasteiger partial charge in [0.15, 0.2) is 5.78 Å². The number of rotatable bonds is 6. The van der Waals surface area contributed by atoms with E-state index in [2.05, 4.69) is 10.2 Å². The Morgan fingerprint density at radius 1 is 1.43 bits per heavy atom. The van der Waals surface area contributed by atoms with Crippen molar-refractivity contribution in [2.45, 2.75) is 12.1 Å². The summed E-state index contributed by atoms with van der Waals surface area (Å²) >= 11 is 1.07. The van der Waals surface area contributed by atoms with Crippen LogP contribution in [0.25, 0.3) is 11.5 Å². The molecule has 1 atom stereocenters. The zero-order valence-electron chi connectivity index (χ0n) is 11.2. The quantitative estimate of drug-likeness (QED) is 0.649. The third-order valence-electron chi connectivity index (χ3n) is 2.65. The molecule has 6 nitrogen and oxygen atoms in total. The van der Waals surface area contributed by atoms with Crippen LogP contribution in [0.4, 0.5) is 0 Å². The average molecular weight is 300 g/mol. The van der Waals surface area contributed by atoms with Crippen molar-refractivity contribution in [3.63, 3.8) is 0 Å². The Kier molecular flexibility index (Phi) is 4.85. The van der Waals surface area contributed by atoms with Crippen molar-refractivity contribution >= 4 is 23.3 Å². The number of nitrogens with one attached hydrogen (secondary N) is 1. The van der Waals surface area contributed by atoms with Crippen molar-refractivity contribution in [1.29, 1.82) is 10.7 Å². The van der Waals surface area contributed by atoms with Crippen molar-refractivity contribution in [1.82, 2.24) is 10.2 Å². The molecule has 1 aromatic heterocycles. The van der Waals surface area contributed by atoms with Gasteiger partial charge in [0.1, 0.15) is 5.92 Å². The zero-order valence-corrected chi connectivity index (χ0v) is 12.1. The molecule has 0 saturated heterocycles. The van der Waals surface area contributed by atoms with Gasteiger partial charge in [-0.3, -0.25) is 4.79 Å². The van der Waals surface area contributed by atoms with E-state index < -0.39 is 5.92 Å². The molecule has 7 heteroatoms. The molecular weight excluding hydrogens is 288 g/mol. The van der Waals surface area contributed by atoms with Gasteiger partial charge in [-0.1, -0.05) is 30.0 Å². The van der Waals surface area contributed by atoms with Gasteiger partial charge in [0.25, 0.3) is 5.22 Å². The summed E-state index contributed by atoms with van der Waals surface area (Å²) in [4.78, 5) is 11.8. The van der Waals surface area contributed by atoms with Crippen LogP contribution in [0.2, 0.25) is 0 Å². The summed E-state index contributed by atoms with van der Waals surface area (Å²) in [5.74, 6) is -0.945. The molecule has 0 aliphatic rings. The van der Waals surface area contributed by atoms with Crippen LogP contribution in [0.5, 0.6) is 0 Å². The Bertz CT molecular complexity index is 690. The summed E-state index contributed by atoms with van der Waals surface area (Å²) in [6.07, 6.45) is 0. The number of benzene rings is 1. The molecule has 0 radical (unpaired) electrons. The number of nitriles is 1. The number of ketones is 1. The Morgan fingerprint density at radius 2 is 2.14 bits per heavy atom. The number of carbonyl (C=O) groups is 1. The fraction of sp³-hybridized carbons (Fsp3) is 0.214. The van der Waals surface area contributed by atoms with E-state index in [1.807, 2.05) is 36.4 Å². The molecule has 1 unspecified atom stereocenters. The minimum Gasteiger partial charge on any atom is -0.411 e. The van der Waals surface area contributed by atoms with Crippen LogP contribution in [0, 0.1) is 22.7 Å². The number of carbonyl (C=O) groups excluding carboxylic acids is 1. The Hall–Kier alpha value is -2.46. The normalized spacial score (nSPS) is 11.6. The lowest BCUT2D eigenvalue weighted by Crippen LogP contribution is -2.21. The van der Waals surface area contributed by atoms with E-state index in [4.69, 9.17) is 15.1 Å². The van der Waals surface area contributed by atoms with Gasteiger partial charge in [-0.05, 0) is 19.1 Å². The van der Waals surface area contributed by atoms with E-state index in [1.165, 1.54) is 6.92 Å². The molecule has 0 aliphatic carbocycles. The van der Waals surface area contributed by atoms with Crippen LogP contribution in [-0.4, -0.2) is 27.4 Å². The molecule has 1 N–H and O–H groups in total. The number of hydrogen-bond acceptors (Lipinski definition) is 7. The van der Waals surface area contributed by atoms with E-state index in [1.54, 1.807) is 0 Å². The highest BCUT2D eigenvalue weighted by atomic mass is 32.2. The van der Waals surface area contributed by atoms with Crippen LogP contribution >= 0.6 is 11.8 Å². The van der Waals surface area contributed by atoms with Crippen molar-refractivity contribution in [3.8, 4) is 17.5 Å². The second-order valence-electron chi connectivity index (χ2n) is 4.24. The van der Waals surface area contributed by atoms with Crippen molar-refractivity contribution in [2.75, 3.05) is 5.75 Å². The number of aromatic nitrogens is 2. The molecule has 0 amide bonds. The third-order valence-corrected chi connectivity index (χ3v) is 3.49. The fourth-order valence-electron chi connectivity index (χ4n) is 1.59. The molecule has 0 bridgehead atoms. The van der Waals surface area contributed by atoms with Crippen molar-refractivity contribution in [2.24, 2.45) is 5.92 Å². The maximum Gasteiger partial charge on any atom is 0.277 e. The van der Waals surface area contributed by atoms with E-state index in [9.17, 15) is 4.79 Å². The lowest BCUT2D eigenvalue weighted by atomic mass is 10.0. The SMILES string of the molecule is CC(=N)C(C#N)C(=O)CSc1nnc(-c2ccccc2)o1. The van der Waals surface area contributed by atoms with Gasteiger partial charge in [0, 0.05) is 11.3 Å². The standard InChI is InChI=1S/C14H12N4O2S/c1-9(16)11(7-15)12(19)8-21-14-18-17-13(20-14)10-5-3-2-4-6-10/h2-6,11,16H,8H2,1H3. The smallest absolute Gasteiger partial charge is 0.277 e. The summed E-state index contributed by atoms with van der Waals surface area (Å²) in [5, 5.41) is 24.2. The molecule has 1 heterocycles. The van der Waals surface area contributed by atoms with Crippen LogP contribution in [-0.2, 0) is 4.79 Å². The zero-order chi connectivity index (χ0) is 15.2. The summed E-state index contributed by atoms with van der Waals surface area (Å²) < 4.78 is 5.45. The highest BCUT2D eigenvalue weighted by molar-refractivity contribution is 7.99. The molecule has 21 heavy (non-hydrogen) atoms. The van der Waals surface area contributed by atoms with Gasteiger partial charge in [0.2, 0.25) is 5.89 Å². The molecule has 1 aromatic carbocycles. The summed E-state index contributed by atoms with van der Waals surface area (Å²) in [6.45, 7) is 1.44. The highest BCUT2D eigenvalue weighted by Gasteiger charge is 2.21. The predicted molar refractivity (Wildman–Crippen MR) is 78.0 cm³/mol. The molecule has 2 rings (SSSR count). The minimum absolute atomic E-state index is 0.0187. The van der Waals surface area contributed by atoms with Crippen LogP contribution in [0.3, 0.4) is 0 Å². The van der Waals surface area contributed by atoms with Crippen molar-refractivity contribution < 1.29 is 9.21 Å². The van der Waals surface area contributed by atoms with E-state index in [-0.39, 0.29) is 22.5 Å². The average Bonchev–Trinajstić information content (AvgIpc) is 2.95. The van der Waals surface area contributed by atoms with Gasteiger partial charge >= 0.3 is 0 Å². The topological polar surface area (TPSA) is 104 Å². The third kappa shape index (κ3) is 3.77.